The molecule has 0 amide bonds. The summed E-state index contributed by atoms with van der Waals surface area (Å²) in [5.41, 5.74) is 1.53. The van der Waals surface area contributed by atoms with Crippen molar-refractivity contribution in [3.63, 3.8) is 0 Å². The number of nitrogens with zero attached hydrogens (tertiary/aromatic N) is 10. The van der Waals surface area contributed by atoms with E-state index >= 15 is 0 Å². The summed E-state index contributed by atoms with van der Waals surface area (Å²) >= 11 is 3.33. The molecule has 13 heteroatoms. The Morgan fingerprint density at radius 2 is 1.18 bits per heavy atom. The van der Waals surface area contributed by atoms with Crippen LogP contribution in [-0.2, 0) is 0 Å². The van der Waals surface area contributed by atoms with Crippen molar-refractivity contribution in [2.24, 2.45) is 10.2 Å². The second kappa shape index (κ2) is 10.2. The van der Waals surface area contributed by atoms with E-state index in [4.69, 9.17) is 0 Å². The first-order valence-corrected chi connectivity index (χ1v) is 16.1. The largest absolute Gasteiger partial charge is 0.255 e. The molecule has 0 saturated heterocycles. The van der Waals surface area contributed by atoms with Crippen LogP contribution in [0.4, 0.5) is 0 Å². The molecule has 4 aromatic heterocycles. The molecule has 0 fully saturated rings. The van der Waals surface area contributed by atoms with Gasteiger partial charge in [-0.05, 0) is 38.1 Å². The zero-order valence-electron chi connectivity index (χ0n) is 18.6. The predicted molar refractivity (Wildman–Crippen MR) is 133 cm³/mol. The van der Waals surface area contributed by atoms with Gasteiger partial charge in [0.05, 0.1) is 23.8 Å². The van der Waals surface area contributed by atoms with Crippen molar-refractivity contribution in [3.05, 3.63) is 71.8 Å². The van der Waals surface area contributed by atoms with Crippen LogP contribution in [0.2, 0.25) is 13.1 Å². The topological polar surface area (TPSA) is 112 Å². The monoisotopic (exact) mass is 494 g/mol. The Bertz CT molecular complexity index is 1170. The third-order valence-corrected chi connectivity index (χ3v) is 11.6. The molecule has 0 aliphatic carbocycles. The Balaban J connectivity index is 1.52. The summed E-state index contributed by atoms with van der Waals surface area (Å²) in [6.07, 6.45) is 4.84. The maximum atomic E-state index is 4.54. The average molecular weight is 495 g/mol. The van der Waals surface area contributed by atoms with Crippen molar-refractivity contribution in [2.75, 3.05) is 0 Å². The second-order valence-corrected chi connectivity index (χ2v) is 19.3. The first-order valence-electron chi connectivity index (χ1n) is 10.0. The molecule has 0 N–H and O–H groups in total. The summed E-state index contributed by atoms with van der Waals surface area (Å²) < 4.78 is 3.48. The van der Waals surface area contributed by atoms with E-state index in [0.717, 1.165) is 21.7 Å². The quantitative estimate of drug-likeness (QED) is 0.270. The van der Waals surface area contributed by atoms with Crippen LogP contribution in [0.3, 0.4) is 0 Å². The maximum Gasteiger partial charge on any atom is 0.207 e. The molecular formula is C20H22N10S2Si. The molecule has 0 aliphatic rings. The molecule has 0 bridgehead atoms. The highest BCUT2D eigenvalue weighted by molar-refractivity contribution is 8.58. The van der Waals surface area contributed by atoms with Crippen LogP contribution in [-0.4, -0.2) is 58.5 Å². The fourth-order valence-corrected chi connectivity index (χ4v) is 9.53. The van der Waals surface area contributed by atoms with Gasteiger partial charge in [0.15, 0.2) is 18.0 Å². The molecule has 0 aromatic carbocycles. The van der Waals surface area contributed by atoms with Gasteiger partial charge >= 0.3 is 0 Å². The Hall–Kier alpha value is -3.16. The van der Waals surface area contributed by atoms with Gasteiger partial charge < -0.3 is 0 Å². The van der Waals surface area contributed by atoms with Crippen molar-refractivity contribution in [1.82, 2.24) is 39.7 Å². The van der Waals surface area contributed by atoms with Crippen LogP contribution in [0, 0.1) is 13.8 Å². The highest BCUT2D eigenvalue weighted by Crippen LogP contribution is 2.40. The van der Waals surface area contributed by atoms with Crippen LogP contribution in [0.5, 0.6) is 0 Å². The molecule has 4 aromatic rings. The van der Waals surface area contributed by atoms with E-state index in [1.165, 1.54) is 0 Å². The van der Waals surface area contributed by atoms with Gasteiger partial charge in [-0.1, -0.05) is 47.6 Å². The van der Waals surface area contributed by atoms with Crippen LogP contribution >= 0.6 is 22.4 Å². The Kier molecular flexibility index (Phi) is 7.10. The summed E-state index contributed by atoms with van der Waals surface area (Å²) in [7, 11) is 0. The lowest BCUT2D eigenvalue weighted by Crippen LogP contribution is -2.18. The summed E-state index contributed by atoms with van der Waals surface area (Å²) in [6, 6.07) is 11.4. The van der Waals surface area contributed by atoms with Crippen molar-refractivity contribution in [1.29, 1.82) is 0 Å². The predicted octanol–water partition coefficient (Wildman–Crippen LogP) is 3.63. The van der Waals surface area contributed by atoms with Gasteiger partial charge in [0, 0.05) is 12.4 Å². The van der Waals surface area contributed by atoms with E-state index in [1.54, 1.807) is 56.6 Å². The van der Waals surface area contributed by atoms with Gasteiger partial charge in [0.25, 0.3) is 0 Å². The molecule has 4 rings (SSSR count). The lowest BCUT2D eigenvalue weighted by atomic mass is 10.4. The standard InChI is InChI=1S/C20H22N10S2Si/c1-15-25-27-19(29(15)23-13-17-9-5-7-11-21-17)31-33(3,4)32-20-28-26-16(2)30(20)24-14-18-10-6-8-12-22-18/h5-14H,1-4H3/b23-13+,24-14+. The molecule has 4 heterocycles. The first kappa shape index (κ1) is 23.0. The lowest BCUT2D eigenvalue weighted by Gasteiger charge is -2.18. The SMILES string of the molecule is Cc1nnc(S[Si](C)(C)Sc2nnc(C)n2/N=C/c2ccccn2)n1/N=C/c1ccccn1. The Morgan fingerprint density at radius 3 is 1.58 bits per heavy atom. The third-order valence-electron chi connectivity index (χ3n) is 4.20. The van der Waals surface area contributed by atoms with Crippen molar-refractivity contribution in [2.45, 2.75) is 37.3 Å². The number of pyridine rings is 2. The van der Waals surface area contributed by atoms with Crippen LogP contribution < -0.4 is 0 Å². The van der Waals surface area contributed by atoms with Crippen LogP contribution in [0.15, 0.2) is 69.3 Å². The van der Waals surface area contributed by atoms with E-state index in [2.05, 4.69) is 53.7 Å². The molecule has 33 heavy (non-hydrogen) atoms. The van der Waals surface area contributed by atoms with Crippen molar-refractivity contribution in [3.8, 4) is 0 Å². The smallest absolute Gasteiger partial charge is 0.207 e. The number of hydrogen-bond acceptors (Lipinski definition) is 10. The van der Waals surface area contributed by atoms with E-state index in [9.17, 15) is 0 Å². The summed E-state index contributed by atoms with van der Waals surface area (Å²) in [4.78, 5) is 8.56. The molecular weight excluding hydrogens is 473 g/mol. The second-order valence-electron chi connectivity index (χ2n) is 7.29. The highest BCUT2D eigenvalue weighted by Gasteiger charge is 2.30. The Labute approximate surface area is 200 Å². The van der Waals surface area contributed by atoms with Gasteiger partial charge in [-0.25, -0.2) is 0 Å². The van der Waals surface area contributed by atoms with Gasteiger partial charge in [-0.3, -0.25) is 9.97 Å². The average Bonchev–Trinajstić information content (AvgIpc) is 3.32. The fraction of sp³-hybridized carbons (Fsp3) is 0.200. The van der Waals surface area contributed by atoms with Crippen molar-refractivity contribution >= 4 is 41.2 Å². The zero-order valence-corrected chi connectivity index (χ0v) is 21.2. The summed E-state index contributed by atoms with van der Waals surface area (Å²) in [5, 5.41) is 27.6. The minimum Gasteiger partial charge on any atom is -0.255 e. The van der Waals surface area contributed by atoms with Gasteiger partial charge in [0.2, 0.25) is 10.3 Å². The number of aryl methyl sites for hydroxylation is 2. The molecule has 0 radical (unpaired) electrons. The minimum absolute atomic E-state index is 0.707. The summed E-state index contributed by atoms with van der Waals surface area (Å²) in [6.45, 7) is 8.19. The zero-order chi connectivity index (χ0) is 23.3. The van der Waals surface area contributed by atoms with E-state index < -0.39 is 6.37 Å². The number of hydrogen-bond donors (Lipinski definition) is 0. The Morgan fingerprint density at radius 1 is 0.727 bits per heavy atom. The third kappa shape index (κ3) is 6.00. The molecule has 0 saturated carbocycles. The molecule has 0 unspecified atom stereocenters. The van der Waals surface area contributed by atoms with Gasteiger partial charge in [0.1, 0.15) is 0 Å². The highest BCUT2D eigenvalue weighted by atomic mass is 32.6. The lowest BCUT2D eigenvalue weighted by molar-refractivity contribution is 0.745. The normalized spacial score (nSPS) is 12.2. The van der Waals surface area contributed by atoms with Gasteiger partial charge in [-0.15, -0.1) is 20.4 Å². The fourth-order valence-electron chi connectivity index (χ4n) is 2.67. The first-order chi connectivity index (χ1) is 15.9. The van der Waals surface area contributed by atoms with Crippen LogP contribution in [0.25, 0.3) is 0 Å². The van der Waals surface area contributed by atoms with E-state index in [1.807, 2.05) is 50.2 Å². The maximum absolute atomic E-state index is 4.54. The minimum atomic E-state index is -2.03. The van der Waals surface area contributed by atoms with Gasteiger partial charge in [-0.2, -0.15) is 19.6 Å². The molecule has 0 aliphatic heterocycles. The number of rotatable bonds is 8. The molecule has 0 atom stereocenters. The van der Waals surface area contributed by atoms with E-state index in [-0.39, 0.29) is 0 Å². The van der Waals surface area contributed by atoms with Crippen molar-refractivity contribution < 1.29 is 0 Å². The number of aromatic nitrogens is 8. The van der Waals surface area contributed by atoms with Crippen LogP contribution in [0.1, 0.15) is 23.0 Å². The molecule has 10 nitrogen and oxygen atoms in total. The molecule has 0 spiro atoms. The summed E-state index contributed by atoms with van der Waals surface area (Å²) in [5.74, 6) is 1.41. The molecule has 168 valence electrons. The van der Waals surface area contributed by atoms with E-state index in [0.29, 0.717) is 11.6 Å².